The van der Waals surface area contributed by atoms with E-state index in [-0.39, 0.29) is 110 Å². The molecule has 0 rings (SSSR count). The molecular formula is F6KRbSi. The fourth-order valence-electron chi connectivity index (χ4n) is 0. The molecule has 0 aromatic rings. The summed E-state index contributed by atoms with van der Waals surface area (Å²) in [5, 5.41) is 0. The Balaban J connectivity index is -0.000000180. The molecule has 0 atom stereocenters. The first-order valence-electron chi connectivity index (χ1n) is 1.13. The van der Waals surface area contributed by atoms with E-state index in [4.69, 9.17) is 0 Å². The van der Waals surface area contributed by atoms with Crippen LogP contribution in [0, 0.1) is 0 Å². The summed E-state index contributed by atoms with van der Waals surface area (Å²) >= 11 is 0. The molecular weight excluding hydrogens is 267 g/mol. The summed E-state index contributed by atoms with van der Waals surface area (Å²) in [6, 6.07) is 0. The number of rotatable bonds is 0. The Morgan fingerprint density at radius 1 is 0.667 bits per heavy atom. The summed E-state index contributed by atoms with van der Waals surface area (Å²) in [6.07, 6.45) is 0. The third-order valence-electron chi connectivity index (χ3n) is 0. The monoisotopic (exact) mass is 266 g/mol. The summed E-state index contributed by atoms with van der Waals surface area (Å²) in [4.78, 5) is 0. The van der Waals surface area contributed by atoms with E-state index < -0.39 is 8.63 Å². The second-order valence-electron chi connectivity index (χ2n) is 1.07. The van der Waals surface area contributed by atoms with Crippen LogP contribution in [0.4, 0.5) is 24.6 Å². The van der Waals surface area contributed by atoms with Crippen LogP contribution in [-0.4, -0.2) is 8.63 Å². The molecule has 0 bridgehead atoms. The second-order valence-corrected chi connectivity index (χ2v) is 3.21. The SMILES string of the molecule is F[Si-2](F)(F)(F)(F)F.[K+].[Rb+]. The molecule has 0 aromatic heterocycles. The molecule has 48 valence electrons. The van der Waals surface area contributed by atoms with Crippen molar-refractivity contribution in [2.45, 2.75) is 0 Å². The molecule has 9 heteroatoms. The van der Waals surface area contributed by atoms with Crippen LogP contribution in [0.3, 0.4) is 0 Å². The van der Waals surface area contributed by atoms with Crippen LogP contribution in [-0.2, 0) is 0 Å². The van der Waals surface area contributed by atoms with Crippen LogP contribution >= 0.6 is 0 Å². The molecule has 0 heterocycles. The molecule has 0 aliphatic rings. The molecule has 0 radical (unpaired) electrons. The molecule has 9 heavy (non-hydrogen) atoms. The van der Waals surface area contributed by atoms with Crippen molar-refractivity contribution < 1.29 is 134 Å². The molecule has 0 fully saturated rings. The van der Waals surface area contributed by atoms with Crippen LogP contribution in [0.15, 0.2) is 0 Å². The third kappa shape index (κ3) is 91.5. The quantitative estimate of drug-likeness (QED) is 0.239. The van der Waals surface area contributed by atoms with Gasteiger partial charge in [-0.15, -0.1) is 0 Å². The molecule has 0 nitrogen and oxygen atoms in total. The zero-order valence-electron chi connectivity index (χ0n) is 4.77. The van der Waals surface area contributed by atoms with Gasteiger partial charge in [0.15, 0.2) is 0 Å². The van der Waals surface area contributed by atoms with Crippen LogP contribution in [0.25, 0.3) is 0 Å². The normalized spacial score (nSPS) is 18.0. The van der Waals surface area contributed by atoms with E-state index in [1.54, 1.807) is 0 Å². The zero-order valence-corrected chi connectivity index (χ0v) is 13.8. The fraction of sp³-hybridized carbons (Fsp3) is 0. The van der Waals surface area contributed by atoms with Gasteiger partial charge in [-0.2, -0.15) is 0 Å². The molecule has 0 saturated heterocycles. The maximum atomic E-state index is 9.88. The molecule has 0 aromatic carbocycles. The minimum absolute atomic E-state index is 0. The van der Waals surface area contributed by atoms with Crippen molar-refractivity contribution in [3.05, 3.63) is 0 Å². The van der Waals surface area contributed by atoms with Crippen molar-refractivity contribution >= 4 is 8.63 Å². The summed E-state index contributed by atoms with van der Waals surface area (Å²) in [5.74, 6) is 0. The fourth-order valence-corrected chi connectivity index (χ4v) is 0. The Bertz CT molecular complexity index is 71.6. The number of halogens is 6. The molecule has 0 saturated carbocycles. The average Bonchev–Trinajstić information content (AvgIpc) is 0.592. The van der Waals surface area contributed by atoms with Gasteiger partial charge in [-0.25, -0.2) is 0 Å². The summed E-state index contributed by atoms with van der Waals surface area (Å²) < 4.78 is 59.3. The summed E-state index contributed by atoms with van der Waals surface area (Å²) in [7, 11) is -10.8. The van der Waals surface area contributed by atoms with Gasteiger partial charge in [0.2, 0.25) is 0 Å². The van der Waals surface area contributed by atoms with E-state index in [1.807, 2.05) is 0 Å². The van der Waals surface area contributed by atoms with Crippen molar-refractivity contribution in [3.8, 4) is 0 Å². The van der Waals surface area contributed by atoms with Crippen LogP contribution < -0.4 is 110 Å². The molecule has 0 aliphatic carbocycles. The van der Waals surface area contributed by atoms with Gasteiger partial charge in [-0.3, -0.25) is 0 Å². The van der Waals surface area contributed by atoms with Crippen LogP contribution in [0.5, 0.6) is 0 Å². The zero-order chi connectivity index (χ0) is 6.41. The first kappa shape index (κ1) is 18.1. The van der Waals surface area contributed by atoms with Crippen LogP contribution in [0.2, 0.25) is 0 Å². The van der Waals surface area contributed by atoms with Crippen molar-refractivity contribution in [3.63, 3.8) is 0 Å². The van der Waals surface area contributed by atoms with Gasteiger partial charge in [0, 0.05) is 0 Å². The van der Waals surface area contributed by atoms with Gasteiger partial charge in [0.1, 0.15) is 0 Å². The molecule has 0 unspecified atom stereocenters. The average molecular weight is 267 g/mol. The van der Waals surface area contributed by atoms with E-state index in [2.05, 4.69) is 0 Å². The Kier molecular flexibility index (Phi) is 7.13. The third-order valence-corrected chi connectivity index (χ3v) is 0. The predicted octanol–water partition coefficient (Wildman–Crippen LogP) is -3.85. The standard InChI is InChI=1S/F6Si.K.Rb/c1-7(2,3,4,5)6;;/q-2;2*+1. The number of hydrogen-bond acceptors (Lipinski definition) is 0. The maximum Gasteiger partial charge on any atom is 1.00 e. The van der Waals surface area contributed by atoms with E-state index in [9.17, 15) is 24.6 Å². The Morgan fingerprint density at radius 3 is 0.667 bits per heavy atom. The largest absolute Gasteiger partial charge is 1.00 e. The van der Waals surface area contributed by atoms with E-state index in [0.29, 0.717) is 0 Å². The summed E-state index contributed by atoms with van der Waals surface area (Å²) in [5.41, 5.74) is 0. The smallest absolute Gasteiger partial charge is 1.00 e. The van der Waals surface area contributed by atoms with Crippen molar-refractivity contribution in [1.82, 2.24) is 0 Å². The molecule has 0 amide bonds. The topological polar surface area (TPSA) is 0 Å². The molecule has 0 N–H and O–H groups in total. The first-order chi connectivity index (χ1) is 2.45. The Hall–Kier alpha value is 3.24. The number of hydrogen-bond donors (Lipinski definition) is 0. The minimum atomic E-state index is -10.8. The summed E-state index contributed by atoms with van der Waals surface area (Å²) in [6.45, 7) is 0. The van der Waals surface area contributed by atoms with Gasteiger partial charge in [0.05, 0.1) is 0 Å². The van der Waals surface area contributed by atoms with Crippen molar-refractivity contribution in [2.75, 3.05) is 0 Å². The van der Waals surface area contributed by atoms with Gasteiger partial charge < -0.3 is 0 Å². The van der Waals surface area contributed by atoms with Crippen LogP contribution in [0.1, 0.15) is 0 Å². The predicted molar refractivity (Wildman–Crippen MR) is 12.4 cm³/mol. The van der Waals surface area contributed by atoms with Gasteiger partial charge >= 0.3 is 143 Å². The van der Waals surface area contributed by atoms with Crippen molar-refractivity contribution in [2.24, 2.45) is 0 Å². The molecule has 0 aliphatic heterocycles. The molecule has 0 spiro atoms. The Labute approximate surface area is 139 Å². The van der Waals surface area contributed by atoms with E-state index in [1.165, 1.54) is 0 Å². The van der Waals surface area contributed by atoms with Gasteiger partial charge in [-0.1, -0.05) is 0 Å². The first-order valence-corrected chi connectivity index (χ1v) is 3.40. The second kappa shape index (κ2) is 3.54. The van der Waals surface area contributed by atoms with Gasteiger partial charge in [-0.05, 0) is 0 Å². The maximum absolute atomic E-state index is 10.8. The Morgan fingerprint density at radius 2 is 0.667 bits per heavy atom. The van der Waals surface area contributed by atoms with Crippen molar-refractivity contribution in [1.29, 1.82) is 0 Å². The van der Waals surface area contributed by atoms with E-state index in [0.717, 1.165) is 0 Å². The van der Waals surface area contributed by atoms with Gasteiger partial charge in [0.25, 0.3) is 0 Å². The van der Waals surface area contributed by atoms with E-state index >= 15 is 0 Å². The minimum Gasteiger partial charge on any atom is 1.00 e.